The van der Waals surface area contributed by atoms with Crippen LogP contribution in [-0.2, 0) is 17.8 Å². The topological polar surface area (TPSA) is 54.0 Å². The standard InChI is InChI=1S/C26H35N3O3/c1-19(26(30)27-23-10-6-8-21-7-4-5-9-22(21)23)29-15-13-28(14-16-29)18-20-11-12-24(31-2)25(17-20)32-3/h4-5,7,9,11-12,17,19,23H,6,8,10,13-16,18H2,1-3H3,(H,27,30). The Morgan fingerprint density at radius 1 is 1.06 bits per heavy atom. The largest absolute Gasteiger partial charge is 0.493 e. The van der Waals surface area contributed by atoms with Gasteiger partial charge in [-0.1, -0.05) is 30.3 Å². The maximum atomic E-state index is 13.0. The number of benzene rings is 2. The third-order valence-electron chi connectivity index (χ3n) is 6.87. The normalized spacial score (nSPS) is 20.3. The van der Waals surface area contributed by atoms with Gasteiger partial charge in [0, 0.05) is 32.7 Å². The molecule has 4 rings (SSSR count). The van der Waals surface area contributed by atoms with E-state index in [1.54, 1.807) is 14.2 Å². The Hall–Kier alpha value is -2.57. The fourth-order valence-corrected chi connectivity index (χ4v) is 4.91. The molecule has 172 valence electrons. The highest BCUT2D eigenvalue weighted by molar-refractivity contribution is 5.81. The number of methoxy groups -OCH3 is 2. The molecule has 32 heavy (non-hydrogen) atoms. The first-order chi connectivity index (χ1) is 15.6. The molecule has 0 saturated carbocycles. The van der Waals surface area contributed by atoms with Crippen molar-refractivity contribution in [3.8, 4) is 11.5 Å². The zero-order valence-corrected chi connectivity index (χ0v) is 19.5. The SMILES string of the molecule is COc1ccc(CN2CCN(C(C)C(=O)NC3CCCc4ccccc43)CC2)cc1OC. The van der Waals surface area contributed by atoms with Crippen molar-refractivity contribution in [2.24, 2.45) is 0 Å². The van der Waals surface area contributed by atoms with Crippen LogP contribution in [0.5, 0.6) is 11.5 Å². The van der Waals surface area contributed by atoms with Crippen LogP contribution in [0.1, 0.15) is 42.5 Å². The molecule has 2 atom stereocenters. The quantitative estimate of drug-likeness (QED) is 0.720. The molecule has 1 saturated heterocycles. The minimum atomic E-state index is -0.118. The van der Waals surface area contributed by atoms with Crippen LogP contribution in [0.3, 0.4) is 0 Å². The van der Waals surface area contributed by atoms with Crippen molar-refractivity contribution < 1.29 is 14.3 Å². The summed E-state index contributed by atoms with van der Waals surface area (Å²) in [5.74, 6) is 1.65. The van der Waals surface area contributed by atoms with Crippen molar-refractivity contribution in [3.63, 3.8) is 0 Å². The highest BCUT2D eigenvalue weighted by Crippen LogP contribution is 2.30. The molecule has 2 aliphatic rings. The van der Waals surface area contributed by atoms with Crippen molar-refractivity contribution in [3.05, 3.63) is 59.2 Å². The number of carbonyl (C=O) groups excluding carboxylic acids is 1. The lowest BCUT2D eigenvalue weighted by molar-refractivity contribution is -0.127. The predicted molar refractivity (Wildman–Crippen MR) is 126 cm³/mol. The second-order valence-corrected chi connectivity index (χ2v) is 8.83. The molecule has 0 spiro atoms. The summed E-state index contributed by atoms with van der Waals surface area (Å²) in [5.41, 5.74) is 3.87. The highest BCUT2D eigenvalue weighted by Gasteiger charge is 2.28. The van der Waals surface area contributed by atoms with Gasteiger partial charge < -0.3 is 14.8 Å². The van der Waals surface area contributed by atoms with Crippen LogP contribution in [0.2, 0.25) is 0 Å². The molecule has 0 radical (unpaired) electrons. The minimum Gasteiger partial charge on any atom is -0.493 e. The lowest BCUT2D eigenvalue weighted by Crippen LogP contribution is -2.54. The summed E-state index contributed by atoms with van der Waals surface area (Å²) >= 11 is 0. The van der Waals surface area contributed by atoms with Crippen molar-refractivity contribution in [1.82, 2.24) is 15.1 Å². The summed E-state index contributed by atoms with van der Waals surface area (Å²) in [6.45, 7) is 6.57. The Kier molecular flexibility index (Phi) is 7.33. The van der Waals surface area contributed by atoms with Gasteiger partial charge in [0.2, 0.25) is 5.91 Å². The number of hydrogen-bond donors (Lipinski definition) is 1. The molecule has 2 aromatic rings. The van der Waals surface area contributed by atoms with Crippen LogP contribution >= 0.6 is 0 Å². The smallest absolute Gasteiger partial charge is 0.237 e. The molecule has 1 aliphatic heterocycles. The molecule has 1 fully saturated rings. The molecule has 2 unspecified atom stereocenters. The van der Waals surface area contributed by atoms with Gasteiger partial charge in [-0.05, 0) is 55.0 Å². The maximum absolute atomic E-state index is 13.0. The van der Waals surface area contributed by atoms with E-state index in [0.29, 0.717) is 0 Å². The van der Waals surface area contributed by atoms with Gasteiger partial charge in [-0.25, -0.2) is 0 Å². The third-order valence-corrected chi connectivity index (χ3v) is 6.87. The molecule has 0 bridgehead atoms. The lowest BCUT2D eigenvalue weighted by Gasteiger charge is -2.38. The Labute approximate surface area is 191 Å². The van der Waals surface area contributed by atoms with Gasteiger partial charge >= 0.3 is 0 Å². The van der Waals surface area contributed by atoms with Gasteiger partial charge in [-0.2, -0.15) is 0 Å². The number of piperazine rings is 1. The number of hydrogen-bond acceptors (Lipinski definition) is 5. The van der Waals surface area contributed by atoms with Crippen LogP contribution in [0.25, 0.3) is 0 Å². The molecule has 6 nitrogen and oxygen atoms in total. The molecule has 1 amide bonds. The molecule has 2 aromatic carbocycles. The van der Waals surface area contributed by atoms with Crippen LogP contribution in [0.4, 0.5) is 0 Å². The second kappa shape index (κ2) is 10.4. The molecule has 1 heterocycles. The number of amides is 1. The second-order valence-electron chi connectivity index (χ2n) is 8.83. The van der Waals surface area contributed by atoms with E-state index in [0.717, 1.165) is 63.5 Å². The Bertz CT molecular complexity index is 924. The van der Waals surface area contributed by atoms with Crippen LogP contribution in [-0.4, -0.2) is 62.1 Å². The first-order valence-corrected chi connectivity index (χ1v) is 11.6. The number of fused-ring (bicyclic) bond motifs is 1. The zero-order chi connectivity index (χ0) is 22.5. The van der Waals surface area contributed by atoms with Crippen molar-refractivity contribution in [2.45, 2.75) is 44.8 Å². The molecular formula is C26H35N3O3. The first kappa shape index (κ1) is 22.6. The van der Waals surface area contributed by atoms with E-state index < -0.39 is 0 Å². The van der Waals surface area contributed by atoms with Gasteiger partial charge in [-0.3, -0.25) is 14.6 Å². The van der Waals surface area contributed by atoms with E-state index in [1.807, 2.05) is 19.1 Å². The van der Waals surface area contributed by atoms with Gasteiger partial charge in [0.25, 0.3) is 0 Å². The van der Waals surface area contributed by atoms with E-state index in [-0.39, 0.29) is 18.0 Å². The fourth-order valence-electron chi connectivity index (χ4n) is 4.91. The molecule has 6 heteroatoms. The Morgan fingerprint density at radius 2 is 1.81 bits per heavy atom. The lowest BCUT2D eigenvalue weighted by atomic mass is 9.87. The van der Waals surface area contributed by atoms with Gasteiger partial charge in [0.05, 0.1) is 26.3 Å². The monoisotopic (exact) mass is 437 g/mol. The summed E-state index contributed by atoms with van der Waals surface area (Å²) in [5, 5.41) is 3.33. The summed E-state index contributed by atoms with van der Waals surface area (Å²) in [4.78, 5) is 17.8. The summed E-state index contributed by atoms with van der Waals surface area (Å²) in [7, 11) is 3.32. The number of aryl methyl sites for hydroxylation is 1. The molecule has 0 aromatic heterocycles. The van der Waals surface area contributed by atoms with E-state index in [1.165, 1.54) is 16.7 Å². The number of ether oxygens (including phenoxy) is 2. The van der Waals surface area contributed by atoms with Crippen LogP contribution < -0.4 is 14.8 Å². The van der Waals surface area contributed by atoms with Crippen molar-refractivity contribution >= 4 is 5.91 Å². The summed E-state index contributed by atoms with van der Waals surface area (Å²) in [6, 6.07) is 14.6. The maximum Gasteiger partial charge on any atom is 0.237 e. The third kappa shape index (κ3) is 5.08. The van der Waals surface area contributed by atoms with E-state index >= 15 is 0 Å². The number of rotatable bonds is 7. The van der Waals surface area contributed by atoms with E-state index in [9.17, 15) is 4.79 Å². The molecule has 1 N–H and O–H groups in total. The van der Waals surface area contributed by atoms with E-state index in [4.69, 9.17) is 9.47 Å². The fraction of sp³-hybridized carbons (Fsp3) is 0.500. The average molecular weight is 438 g/mol. The van der Waals surface area contributed by atoms with Crippen LogP contribution in [0, 0.1) is 0 Å². The van der Waals surface area contributed by atoms with Gasteiger partial charge in [-0.15, -0.1) is 0 Å². The van der Waals surface area contributed by atoms with Crippen LogP contribution in [0.15, 0.2) is 42.5 Å². The van der Waals surface area contributed by atoms with Crippen molar-refractivity contribution in [2.75, 3.05) is 40.4 Å². The molecule has 1 aliphatic carbocycles. The Morgan fingerprint density at radius 3 is 2.56 bits per heavy atom. The van der Waals surface area contributed by atoms with E-state index in [2.05, 4.69) is 45.4 Å². The molecular weight excluding hydrogens is 402 g/mol. The average Bonchev–Trinajstić information content (AvgIpc) is 2.84. The predicted octanol–water partition coefficient (Wildman–Crippen LogP) is 3.40. The number of nitrogens with one attached hydrogen (secondary N) is 1. The van der Waals surface area contributed by atoms with Gasteiger partial charge in [0.1, 0.15) is 0 Å². The highest BCUT2D eigenvalue weighted by atomic mass is 16.5. The van der Waals surface area contributed by atoms with Gasteiger partial charge in [0.15, 0.2) is 11.5 Å². The number of carbonyl (C=O) groups is 1. The zero-order valence-electron chi connectivity index (χ0n) is 19.5. The first-order valence-electron chi connectivity index (χ1n) is 11.6. The minimum absolute atomic E-state index is 0.118. The summed E-state index contributed by atoms with van der Waals surface area (Å²) in [6.07, 6.45) is 3.26. The summed E-state index contributed by atoms with van der Waals surface area (Å²) < 4.78 is 10.8. The number of nitrogens with zero attached hydrogens (tertiary/aromatic N) is 2. The van der Waals surface area contributed by atoms with Crippen molar-refractivity contribution in [1.29, 1.82) is 0 Å². The Balaban J connectivity index is 1.29.